The number of fused-ring (bicyclic) bond motifs is 3. The van der Waals surface area contributed by atoms with Crippen LogP contribution in [0, 0.1) is 17.8 Å². The van der Waals surface area contributed by atoms with Gasteiger partial charge >= 0.3 is 6.03 Å². The smallest absolute Gasteiger partial charge is 0.315 e. The van der Waals surface area contributed by atoms with Crippen molar-refractivity contribution in [3.63, 3.8) is 0 Å². The predicted octanol–water partition coefficient (Wildman–Crippen LogP) is 1.97. The highest BCUT2D eigenvalue weighted by molar-refractivity contribution is 5.74. The summed E-state index contributed by atoms with van der Waals surface area (Å²) in [6.07, 6.45) is 8.19. The Labute approximate surface area is 139 Å². The highest BCUT2D eigenvalue weighted by Gasteiger charge is 2.42. The topological polar surface area (TPSA) is 53.6 Å². The molecule has 2 N–H and O–H groups in total. The number of nitrogens with zero attached hydrogens (tertiary/aromatic N) is 1. The zero-order valence-electron chi connectivity index (χ0n) is 14.3. The molecule has 130 valence electrons. The van der Waals surface area contributed by atoms with Crippen LogP contribution in [-0.4, -0.2) is 55.4 Å². The molecule has 4 rings (SSSR count). The molecule has 2 saturated carbocycles. The van der Waals surface area contributed by atoms with Crippen molar-refractivity contribution < 1.29 is 9.53 Å². The minimum absolute atomic E-state index is 0.0209. The van der Waals surface area contributed by atoms with Gasteiger partial charge in [-0.1, -0.05) is 6.42 Å². The number of carbonyl (C=O) groups excluding carboxylic acids is 1. The normalized spacial score (nSPS) is 40.8. The lowest BCUT2D eigenvalue weighted by Crippen LogP contribution is -2.52. The Bertz CT molecular complexity index is 444. The number of carbonyl (C=O) groups is 1. The first-order valence-electron chi connectivity index (χ1n) is 9.59. The Morgan fingerprint density at radius 2 is 2.22 bits per heavy atom. The summed E-state index contributed by atoms with van der Waals surface area (Å²) >= 11 is 0. The molecule has 4 aliphatic rings. The average molecular weight is 321 g/mol. The van der Waals surface area contributed by atoms with E-state index < -0.39 is 0 Å². The van der Waals surface area contributed by atoms with Crippen LogP contribution in [0.5, 0.6) is 0 Å². The molecule has 2 aliphatic carbocycles. The van der Waals surface area contributed by atoms with Crippen LogP contribution in [0.15, 0.2) is 0 Å². The number of amides is 2. The molecular formula is C18H31N3O2. The van der Waals surface area contributed by atoms with E-state index >= 15 is 0 Å². The van der Waals surface area contributed by atoms with Gasteiger partial charge in [-0.15, -0.1) is 0 Å². The van der Waals surface area contributed by atoms with Crippen molar-refractivity contribution in [3.8, 4) is 0 Å². The van der Waals surface area contributed by atoms with Gasteiger partial charge < -0.3 is 15.4 Å². The number of nitrogens with one attached hydrogen (secondary N) is 2. The third-order valence-corrected chi connectivity index (χ3v) is 6.75. The van der Waals surface area contributed by atoms with Crippen molar-refractivity contribution in [1.82, 2.24) is 15.5 Å². The van der Waals surface area contributed by atoms with Gasteiger partial charge in [-0.05, 0) is 63.3 Å². The van der Waals surface area contributed by atoms with Crippen LogP contribution in [0.25, 0.3) is 0 Å². The monoisotopic (exact) mass is 321 g/mol. The lowest BCUT2D eigenvalue weighted by atomic mass is 9.84. The molecule has 2 amide bonds. The largest absolute Gasteiger partial charge is 0.373 e. The highest BCUT2D eigenvalue weighted by Crippen LogP contribution is 2.49. The average Bonchev–Trinajstić information content (AvgIpc) is 3.28. The van der Waals surface area contributed by atoms with Gasteiger partial charge in [0.05, 0.1) is 12.7 Å². The van der Waals surface area contributed by atoms with Crippen LogP contribution < -0.4 is 10.6 Å². The molecule has 0 aromatic rings. The van der Waals surface area contributed by atoms with Gasteiger partial charge in [0.1, 0.15) is 0 Å². The first kappa shape index (κ1) is 15.7. The second-order valence-electron chi connectivity index (χ2n) is 8.23. The van der Waals surface area contributed by atoms with Crippen LogP contribution in [0.1, 0.15) is 45.4 Å². The van der Waals surface area contributed by atoms with E-state index in [1.807, 2.05) is 0 Å². The molecule has 6 atom stereocenters. The predicted molar refractivity (Wildman–Crippen MR) is 89.3 cm³/mol. The van der Waals surface area contributed by atoms with E-state index in [4.69, 9.17) is 4.74 Å². The summed E-state index contributed by atoms with van der Waals surface area (Å²) in [7, 11) is 0. The SMILES string of the molecule is CC(NC(=O)NCC1CN2CCCC2CO1)C1CC2CCC1C2. The van der Waals surface area contributed by atoms with E-state index in [1.165, 1.54) is 45.1 Å². The molecule has 6 unspecified atom stereocenters. The van der Waals surface area contributed by atoms with E-state index in [-0.39, 0.29) is 12.1 Å². The molecule has 0 radical (unpaired) electrons. The maximum Gasteiger partial charge on any atom is 0.315 e. The summed E-state index contributed by atoms with van der Waals surface area (Å²) in [5.74, 6) is 2.47. The maximum atomic E-state index is 12.2. The number of hydrogen-bond donors (Lipinski definition) is 2. The molecule has 2 saturated heterocycles. The van der Waals surface area contributed by atoms with Crippen molar-refractivity contribution in [2.45, 2.75) is 63.6 Å². The van der Waals surface area contributed by atoms with Gasteiger partial charge in [0.15, 0.2) is 0 Å². The summed E-state index contributed by atoms with van der Waals surface area (Å²) in [6.45, 7) is 5.79. The molecule has 4 fully saturated rings. The molecule has 5 nitrogen and oxygen atoms in total. The maximum absolute atomic E-state index is 12.2. The fourth-order valence-corrected chi connectivity index (χ4v) is 5.49. The number of rotatable bonds is 4. The van der Waals surface area contributed by atoms with Gasteiger partial charge in [-0.2, -0.15) is 0 Å². The zero-order valence-corrected chi connectivity index (χ0v) is 14.3. The summed E-state index contributed by atoms with van der Waals surface area (Å²) in [5.41, 5.74) is 0. The number of urea groups is 1. The van der Waals surface area contributed by atoms with E-state index in [9.17, 15) is 4.79 Å². The third-order valence-electron chi connectivity index (χ3n) is 6.75. The van der Waals surface area contributed by atoms with Gasteiger partial charge in [0.25, 0.3) is 0 Å². The van der Waals surface area contributed by atoms with E-state index in [0.29, 0.717) is 24.5 Å². The van der Waals surface area contributed by atoms with Crippen LogP contribution in [0.4, 0.5) is 4.79 Å². The Kier molecular flexibility index (Phi) is 4.50. The lowest BCUT2D eigenvalue weighted by molar-refractivity contribution is -0.0458. The summed E-state index contributed by atoms with van der Waals surface area (Å²) in [6, 6.07) is 0.894. The molecule has 5 heteroatoms. The Morgan fingerprint density at radius 1 is 1.30 bits per heavy atom. The minimum Gasteiger partial charge on any atom is -0.373 e. The highest BCUT2D eigenvalue weighted by atomic mass is 16.5. The van der Waals surface area contributed by atoms with Gasteiger partial charge in [-0.3, -0.25) is 4.90 Å². The fraction of sp³-hybridized carbons (Fsp3) is 0.944. The number of hydrogen-bond acceptors (Lipinski definition) is 3. The molecule has 0 aromatic heterocycles. The van der Waals surface area contributed by atoms with Gasteiger partial charge in [-0.25, -0.2) is 4.79 Å². The molecule has 2 heterocycles. The van der Waals surface area contributed by atoms with Crippen LogP contribution in [0.2, 0.25) is 0 Å². The number of morpholine rings is 1. The van der Waals surface area contributed by atoms with Crippen LogP contribution in [0.3, 0.4) is 0 Å². The summed E-state index contributed by atoms with van der Waals surface area (Å²) in [4.78, 5) is 14.7. The molecule has 2 bridgehead atoms. The van der Waals surface area contributed by atoms with Crippen molar-refractivity contribution in [2.24, 2.45) is 17.8 Å². The van der Waals surface area contributed by atoms with Crippen molar-refractivity contribution in [3.05, 3.63) is 0 Å². The van der Waals surface area contributed by atoms with Gasteiger partial charge in [0, 0.05) is 25.2 Å². The minimum atomic E-state index is -0.0209. The standard InChI is InChI=1S/C18H31N3O2/c1-12(17-8-13-4-5-14(17)7-13)20-18(22)19-9-16-10-21-6-2-3-15(21)11-23-16/h12-17H,2-11H2,1H3,(H2,19,20,22). The van der Waals surface area contributed by atoms with Crippen molar-refractivity contribution >= 4 is 6.03 Å². The van der Waals surface area contributed by atoms with Crippen molar-refractivity contribution in [1.29, 1.82) is 0 Å². The molecule has 23 heavy (non-hydrogen) atoms. The van der Waals surface area contributed by atoms with E-state index in [2.05, 4.69) is 22.5 Å². The third kappa shape index (κ3) is 3.36. The quantitative estimate of drug-likeness (QED) is 0.832. The summed E-state index contributed by atoms with van der Waals surface area (Å²) in [5, 5.41) is 6.20. The summed E-state index contributed by atoms with van der Waals surface area (Å²) < 4.78 is 5.90. The lowest BCUT2D eigenvalue weighted by Gasteiger charge is -2.35. The Balaban J connectivity index is 1.18. The van der Waals surface area contributed by atoms with Crippen molar-refractivity contribution in [2.75, 3.05) is 26.2 Å². The van der Waals surface area contributed by atoms with E-state index in [0.717, 1.165) is 25.0 Å². The molecule has 2 aliphatic heterocycles. The van der Waals surface area contributed by atoms with Crippen LogP contribution >= 0.6 is 0 Å². The fourth-order valence-electron chi connectivity index (χ4n) is 5.49. The molecule has 0 spiro atoms. The Hall–Kier alpha value is -0.810. The van der Waals surface area contributed by atoms with Gasteiger partial charge in [0.2, 0.25) is 0 Å². The first-order valence-corrected chi connectivity index (χ1v) is 9.59. The molecule has 0 aromatic carbocycles. The van der Waals surface area contributed by atoms with E-state index in [1.54, 1.807) is 0 Å². The molecular weight excluding hydrogens is 290 g/mol. The first-order chi connectivity index (χ1) is 11.2. The second-order valence-corrected chi connectivity index (χ2v) is 8.23. The Morgan fingerprint density at radius 3 is 3.00 bits per heavy atom. The zero-order chi connectivity index (χ0) is 15.8. The second kappa shape index (κ2) is 6.60. The van der Waals surface area contributed by atoms with Crippen LogP contribution in [-0.2, 0) is 4.74 Å². The number of ether oxygens (including phenoxy) is 1.